The molecule has 5 nitrogen and oxygen atoms in total. The van der Waals surface area contributed by atoms with E-state index in [1.165, 1.54) is 11.3 Å². The lowest BCUT2D eigenvalue weighted by molar-refractivity contribution is -0.124. The van der Waals surface area contributed by atoms with Crippen LogP contribution in [0.4, 0.5) is 5.69 Å². The van der Waals surface area contributed by atoms with Gasteiger partial charge in [0, 0.05) is 16.6 Å². The normalized spacial score (nSPS) is 18.5. The fraction of sp³-hybridized carbons (Fsp3) is 0.333. The van der Waals surface area contributed by atoms with Crippen LogP contribution in [0.15, 0.2) is 18.2 Å². The Morgan fingerprint density at radius 3 is 3.00 bits per heavy atom. The Balaban J connectivity index is 1.89. The summed E-state index contributed by atoms with van der Waals surface area (Å²) in [6.45, 7) is 2.67. The van der Waals surface area contributed by atoms with Crippen LogP contribution in [0.1, 0.15) is 28.1 Å². The molecule has 0 saturated carbocycles. The third-order valence-electron chi connectivity index (χ3n) is 3.75. The summed E-state index contributed by atoms with van der Waals surface area (Å²) in [6.07, 6.45) is 1.54. The molecule has 0 spiro atoms. The summed E-state index contributed by atoms with van der Waals surface area (Å²) in [4.78, 5) is 24.6. The predicted molar refractivity (Wildman–Crippen MR) is 84.5 cm³/mol. The van der Waals surface area contributed by atoms with Crippen LogP contribution in [0, 0.1) is 6.92 Å². The fourth-order valence-electron chi connectivity index (χ4n) is 2.58. The van der Waals surface area contributed by atoms with Gasteiger partial charge in [0.05, 0.1) is 5.69 Å². The maximum atomic E-state index is 12.4. The minimum absolute atomic E-state index is 0.120. The zero-order valence-electron chi connectivity index (χ0n) is 11.7. The highest BCUT2D eigenvalue weighted by atomic mass is 32.1. The third-order valence-corrected chi connectivity index (χ3v) is 5.10. The quantitative estimate of drug-likeness (QED) is 0.791. The lowest BCUT2D eigenvalue weighted by atomic mass is 10.1. The molecule has 1 aromatic heterocycles. The summed E-state index contributed by atoms with van der Waals surface area (Å²) in [6, 6.07) is 5.38. The topological polar surface area (TPSA) is 84.2 Å². The molecule has 2 aromatic rings. The molecule has 4 N–H and O–H groups in total. The van der Waals surface area contributed by atoms with Gasteiger partial charge in [-0.1, -0.05) is 18.2 Å². The zero-order valence-corrected chi connectivity index (χ0v) is 12.5. The van der Waals surface area contributed by atoms with Crippen molar-refractivity contribution in [3.8, 4) is 0 Å². The van der Waals surface area contributed by atoms with Gasteiger partial charge >= 0.3 is 0 Å². The molecule has 1 aromatic carbocycles. The number of carbonyl (C=O) groups is 2. The van der Waals surface area contributed by atoms with Gasteiger partial charge in [0.2, 0.25) is 5.91 Å². The molecule has 1 aliphatic rings. The number of rotatable bonds is 2. The average molecular weight is 303 g/mol. The Morgan fingerprint density at radius 1 is 1.48 bits per heavy atom. The van der Waals surface area contributed by atoms with Crippen LogP contribution in [0.3, 0.4) is 0 Å². The largest absolute Gasteiger partial charge is 0.397 e. The number of thiophene rings is 1. The highest BCUT2D eigenvalue weighted by Gasteiger charge is 2.26. The standard InChI is InChI=1S/C15H17N3O2S/c1-8-4-2-5-9-11(16)13(21-12(8)9)15(20)18-10-6-3-7-17-14(10)19/h2,4-5,10H,3,6-7,16H2,1H3,(H,17,19)(H,18,20). The number of hydrogen-bond donors (Lipinski definition) is 3. The van der Waals surface area contributed by atoms with Crippen molar-refractivity contribution < 1.29 is 9.59 Å². The van der Waals surface area contributed by atoms with E-state index in [1.807, 2.05) is 25.1 Å². The second kappa shape index (κ2) is 5.37. The molecular formula is C15H17N3O2S. The predicted octanol–water partition coefficient (Wildman–Crippen LogP) is 1.80. The van der Waals surface area contributed by atoms with E-state index < -0.39 is 6.04 Å². The smallest absolute Gasteiger partial charge is 0.264 e. The minimum Gasteiger partial charge on any atom is -0.397 e. The Labute approximate surface area is 126 Å². The number of hydrogen-bond acceptors (Lipinski definition) is 4. The Morgan fingerprint density at radius 2 is 2.29 bits per heavy atom. The first-order valence-electron chi connectivity index (χ1n) is 6.94. The molecule has 1 unspecified atom stereocenters. The van der Waals surface area contributed by atoms with Crippen LogP contribution in [0.2, 0.25) is 0 Å². The summed E-state index contributed by atoms with van der Waals surface area (Å²) in [5.74, 6) is -0.388. The lowest BCUT2D eigenvalue weighted by Gasteiger charge is -2.22. The number of aryl methyl sites for hydroxylation is 1. The van der Waals surface area contributed by atoms with E-state index in [0.717, 1.165) is 22.1 Å². The summed E-state index contributed by atoms with van der Waals surface area (Å²) in [5, 5.41) is 6.44. The van der Waals surface area contributed by atoms with Gasteiger partial charge in [-0.05, 0) is 25.3 Å². The van der Waals surface area contributed by atoms with E-state index in [9.17, 15) is 9.59 Å². The second-order valence-electron chi connectivity index (χ2n) is 5.26. The third kappa shape index (κ3) is 2.47. The maximum Gasteiger partial charge on any atom is 0.264 e. The monoisotopic (exact) mass is 303 g/mol. The second-order valence-corrected chi connectivity index (χ2v) is 6.28. The van der Waals surface area contributed by atoms with Crippen molar-refractivity contribution in [1.29, 1.82) is 0 Å². The van der Waals surface area contributed by atoms with Crippen molar-refractivity contribution in [3.63, 3.8) is 0 Å². The molecule has 21 heavy (non-hydrogen) atoms. The summed E-state index contributed by atoms with van der Waals surface area (Å²) in [7, 11) is 0. The number of fused-ring (bicyclic) bond motifs is 1. The van der Waals surface area contributed by atoms with Crippen molar-refractivity contribution in [2.75, 3.05) is 12.3 Å². The maximum absolute atomic E-state index is 12.4. The van der Waals surface area contributed by atoms with Crippen molar-refractivity contribution >= 4 is 38.9 Å². The molecule has 1 atom stereocenters. The van der Waals surface area contributed by atoms with Gasteiger partial charge in [-0.2, -0.15) is 0 Å². The fourth-order valence-corrected chi connectivity index (χ4v) is 3.67. The van der Waals surface area contributed by atoms with Crippen LogP contribution in [-0.4, -0.2) is 24.4 Å². The Hall–Kier alpha value is -2.08. The van der Waals surface area contributed by atoms with Crippen molar-refractivity contribution in [2.45, 2.75) is 25.8 Å². The summed E-state index contributed by atoms with van der Waals surface area (Å²) >= 11 is 1.38. The molecule has 1 saturated heterocycles. The van der Waals surface area contributed by atoms with Crippen molar-refractivity contribution in [3.05, 3.63) is 28.6 Å². The van der Waals surface area contributed by atoms with Gasteiger partial charge < -0.3 is 16.4 Å². The average Bonchev–Trinajstić information content (AvgIpc) is 2.81. The number of nitrogens with two attached hydrogens (primary N) is 1. The first-order valence-corrected chi connectivity index (χ1v) is 7.75. The molecular weight excluding hydrogens is 286 g/mol. The molecule has 0 aliphatic carbocycles. The number of nitrogen functional groups attached to an aromatic ring is 1. The molecule has 110 valence electrons. The summed E-state index contributed by atoms with van der Waals surface area (Å²) < 4.78 is 1.02. The van der Waals surface area contributed by atoms with Gasteiger partial charge in [0.15, 0.2) is 0 Å². The van der Waals surface area contributed by atoms with Crippen LogP contribution < -0.4 is 16.4 Å². The Kier molecular flexibility index (Phi) is 3.55. The molecule has 6 heteroatoms. The van der Waals surface area contributed by atoms with E-state index in [1.54, 1.807) is 0 Å². The first-order chi connectivity index (χ1) is 10.1. The number of carbonyl (C=O) groups excluding carboxylic acids is 2. The van der Waals surface area contributed by atoms with E-state index >= 15 is 0 Å². The lowest BCUT2D eigenvalue weighted by Crippen LogP contribution is -2.50. The van der Waals surface area contributed by atoms with E-state index in [0.29, 0.717) is 23.5 Å². The number of nitrogens with one attached hydrogen (secondary N) is 2. The highest BCUT2D eigenvalue weighted by Crippen LogP contribution is 2.35. The van der Waals surface area contributed by atoms with E-state index in [-0.39, 0.29) is 11.8 Å². The summed E-state index contributed by atoms with van der Waals surface area (Å²) in [5.41, 5.74) is 7.69. The van der Waals surface area contributed by atoms with Gasteiger partial charge in [-0.15, -0.1) is 11.3 Å². The first kappa shape index (κ1) is 13.9. The molecule has 3 rings (SSSR count). The van der Waals surface area contributed by atoms with Crippen LogP contribution in [0.25, 0.3) is 10.1 Å². The van der Waals surface area contributed by atoms with Crippen molar-refractivity contribution in [2.24, 2.45) is 0 Å². The van der Waals surface area contributed by atoms with Crippen LogP contribution in [-0.2, 0) is 4.79 Å². The molecule has 2 heterocycles. The van der Waals surface area contributed by atoms with Crippen molar-refractivity contribution in [1.82, 2.24) is 10.6 Å². The van der Waals surface area contributed by atoms with Gasteiger partial charge in [-0.3, -0.25) is 9.59 Å². The molecule has 0 bridgehead atoms. The zero-order chi connectivity index (χ0) is 15.0. The van der Waals surface area contributed by atoms with Crippen LogP contribution in [0.5, 0.6) is 0 Å². The van der Waals surface area contributed by atoms with Gasteiger partial charge in [0.1, 0.15) is 10.9 Å². The van der Waals surface area contributed by atoms with E-state index in [4.69, 9.17) is 5.73 Å². The molecule has 1 fully saturated rings. The van der Waals surface area contributed by atoms with Gasteiger partial charge in [0.25, 0.3) is 5.91 Å². The molecule has 2 amide bonds. The number of anilines is 1. The minimum atomic E-state index is -0.461. The SMILES string of the molecule is Cc1cccc2c(N)c(C(=O)NC3CCCNC3=O)sc12. The van der Waals surface area contributed by atoms with Gasteiger partial charge in [-0.25, -0.2) is 0 Å². The molecule has 1 aliphatic heterocycles. The van der Waals surface area contributed by atoms with E-state index in [2.05, 4.69) is 10.6 Å². The molecule has 0 radical (unpaired) electrons. The number of amides is 2. The van der Waals surface area contributed by atoms with Crippen LogP contribution >= 0.6 is 11.3 Å². The Bertz CT molecular complexity index is 723. The number of benzene rings is 1. The number of piperidine rings is 1. The highest BCUT2D eigenvalue weighted by molar-refractivity contribution is 7.21.